The number of allylic oxidation sites excluding steroid dienone is 4. The van der Waals surface area contributed by atoms with Gasteiger partial charge in [-0.1, -0.05) is 36.6 Å². The predicted octanol–water partition coefficient (Wildman–Crippen LogP) is 6.27. The highest BCUT2D eigenvalue weighted by Crippen LogP contribution is 2.30. The summed E-state index contributed by atoms with van der Waals surface area (Å²) in [7, 11) is 0. The molecule has 1 N–H and O–H groups in total. The van der Waals surface area contributed by atoms with Crippen molar-refractivity contribution in [3.05, 3.63) is 59.1 Å². The van der Waals surface area contributed by atoms with Crippen molar-refractivity contribution >= 4 is 5.97 Å². The number of furan rings is 1. The Kier molecular flexibility index (Phi) is 8.97. The molecule has 0 saturated heterocycles. The molecule has 0 fully saturated rings. The lowest BCUT2D eigenvalue weighted by atomic mass is 9.94. The molecule has 1 aromatic rings. The first-order chi connectivity index (χ1) is 13.8. The molecule has 0 aliphatic carbocycles. The molecule has 0 saturated carbocycles. The Hall–Kier alpha value is -2.07. The molecule has 160 valence electrons. The lowest BCUT2D eigenvalue weighted by molar-refractivity contribution is -0.183. The van der Waals surface area contributed by atoms with E-state index in [0.717, 1.165) is 44.9 Å². The fraction of sp³-hybridized carbons (Fsp3) is 0.560. The molecule has 29 heavy (non-hydrogen) atoms. The van der Waals surface area contributed by atoms with E-state index in [4.69, 9.17) is 9.15 Å². The van der Waals surface area contributed by atoms with Crippen LogP contribution < -0.4 is 0 Å². The molecule has 1 aliphatic heterocycles. The second kappa shape index (κ2) is 11.2. The van der Waals surface area contributed by atoms with Crippen LogP contribution >= 0.6 is 0 Å². The van der Waals surface area contributed by atoms with Gasteiger partial charge < -0.3 is 14.3 Å². The van der Waals surface area contributed by atoms with E-state index in [1.165, 1.54) is 16.7 Å². The topological polar surface area (TPSA) is 59.7 Å². The summed E-state index contributed by atoms with van der Waals surface area (Å²) in [6.45, 7) is 8.18. The van der Waals surface area contributed by atoms with Gasteiger partial charge in [0, 0.05) is 12.0 Å². The molecule has 2 heterocycles. The zero-order chi connectivity index (χ0) is 21.3. The average Bonchev–Trinajstić information content (AvgIpc) is 3.22. The maximum absolute atomic E-state index is 11.5. The van der Waals surface area contributed by atoms with E-state index >= 15 is 0 Å². The lowest BCUT2D eigenvalue weighted by Crippen LogP contribution is -2.30. The number of ether oxygens (including phenoxy) is 1. The Labute approximate surface area is 175 Å². The van der Waals surface area contributed by atoms with Crippen molar-refractivity contribution < 1.29 is 19.1 Å². The molecule has 0 amide bonds. The van der Waals surface area contributed by atoms with Crippen molar-refractivity contribution in [1.82, 2.24) is 0 Å². The Morgan fingerprint density at radius 2 is 1.93 bits per heavy atom. The number of esters is 1. The van der Waals surface area contributed by atoms with Gasteiger partial charge in [0.05, 0.1) is 12.5 Å². The largest absolute Gasteiger partial charge is 0.472 e. The summed E-state index contributed by atoms with van der Waals surface area (Å²) < 4.78 is 10.2. The van der Waals surface area contributed by atoms with Crippen molar-refractivity contribution in [2.24, 2.45) is 5.92 Å². The summed E-state index contributed by atoms with van der Waals surface area (Å²) >= 11 is 0. The third kappa shape index (κ3) is 8.45. The van der Waals surface area contributed by atoms with Crippen LogP contribution in [-0.4, -0.2) is 16.9 Å². The molecule has 1 aromatic heterocycles. The predicted molar refractivity (Wildman–Crippen MR) is 116 cm³/mol. The van der Waals surface area contributed by atoms with Crippen LogP contribution in [0.25, 0.3) is 0 Å². The van der Waals surface area contributed by atoms with Crippen LogP contribution in [0.2, 0.25) is 0 Å². The highest BCUT2D eigenvalue weighted by atomic mass is 16.7. The van der Waals surface area contributed by atoms with E-state index in [0.29, 0.717) is 17.9 Å². The molecule has 0 radical (unpaired) electrons. The first-order valence-electron chi connectivity index (χ1n) is 10.7. The van der Waals surface area contributed by atoms with Crippen LogP contribution in [-0.2, 0) is 16.0 Å². The van der Waals surface area contributed by atoms with Crippen LogP contribution in [0.5, 0.6) is 0 Å². The van der Waals surface area contributed by atoms with E-state index in [2.05, 4.69) is 32.9 Å². The smallest absolute Gasteiger partial charge is 0.336 e. The molecular weight excluding hydrogens is 364 g/mol. The fourth-order valence-electron chi connectivity index (χ4n) is 3.77. The SMILES string of the molecule is CC(=CCCc1ccoc1)CCC=C(C)CCCC(C)CC1(O)C=C(C)C(=O)O1. The van der Waals surface area contributed by atoms with Crippen molar-refractivity contribution in [3.8, 4) is 0 Å². The first-order valence-corrected chi connectivity index (χ1v) is 10.7. The second-order valence-electron chi connectivity index (χ2n) is 8.57. The van der Waals surface area contributed by atoms with Gasteiger partial charge in [0.15, 0.2) is 0 Å². The Morgan fingerprint density at radius 1 is 1.21 bits per heavy atom. The average molecular weight is 401 g/mol. The maximum Gasteiger partial charge on any atom is 0.336 e. The Bertz CT molecular complexity index is 739. The van der Waals surface area contributed by atoms with Crippen LogP contribution in [0.4, 0.5) is 0 Å². The number of hydrogen-bond donors (Lipinski definition) is 1. The molecule has 4 heteroatoms. The van der Waals surface area contributed by atoms with Gasteiger partial charge in [-0.25, -0.2) is 4.79 Å². The zero-order valence-corrected chi connectivity index (χ0v) is 18.4. The van der Waals surface area contributed by atoms with Crippen molar-refractivity contribution in [2.45, 2.75) is 84.8 Å². The van der Waals surface area contributed by atoms with Crippen molar-refractivity contribution in [2.75, 3.05) is 0 Å². The van der Waals surface area contributed by atoms with E-state index in [9.17, 15) is 9.90 Å². The van der Waals surface area contributed by atoms with Gasteiger partial charge in [-0.2, -0.15) is 0 Å². The van der Waals surface area contributed by atoms with Gasteiger partial charge in [0.2, 0.25) is 5.79 Å². The maximum atomic E-state index is 11.5. The standard InChI is InChI=1S/C25H36O4/c1-19(8-5-9-20(2)11-7-13-23-14-15-28-18-23)10-6-12-21(3)16-25(27)17-22(4)24(26)29-25/h8,11,14-15,17-18,21,27H,5-7,9-10,12-13,16H2,1-4H3. The number of cyclic esters (lactones) is 1. The van der Waals surface area contributed by atoms with Crippen molar-refractivity contribution in [1.29, 1.82) is 0 Å². The normalized spacial score (nSPS) is 21.3. The van der Waals surface area contributed by atoms with Gasteiger partial charge in [-0.3, -0.25) is 0 Å². The minimum absolute atomic E-state index is 0.295. The van der Waals surface area contributed by atoms with Crippen LogP contribution in [0.3, 0.4) is 0 Å². The van der Waals surface area contributed by atoms with Crippen LogP contribution in [0.1, 0.15) is 78.2 Å². The van der Waals surface area contributed by atoms with Gasteiger partial charge in [-0.15, -0.1) is 0 Å². The molecule has 0 spiro atoms. The summed E-state index contributed by atoms with van der Waals surface area (Å²) in [6.07, 6.45) is 17.6. The Morgan fingerprint density at radius 3 is 2.59 bits per heavy atom. The molecule has 1 aliphatic rings. The van der Waals surface area contributed by atoms with E-state index < -0.39 is 11.8 Å². The minimum atomic E-state index is -1.41. The highest BCUT2D eigenvalue weighted by Gasteiger charge is 2.37. The number of rotatable bonds is 12. The third-order valence-corrected chi connectivity index (χ3v) is 5.48. The molecule has 2 rings (SSSR count). The van der Waals surface area contributed by atoms with Gasteiger partial charge in [-0.05, 0) is 82.9 Å². The van der Waals surface area contributed by atoms with Gasteiger partial charge in [0.25, 0.3) is 0 Å². The number of aryl methyl sites for hydroxylation is 1. The van der Waals surface area contributed by atoms with E-state index in [1.807, 2.05) is 12.3 Å². The molecule has 2 unspecified atom stereocenters. The number of carbonyl (C=O) groups is 1. The van der Waals surface area contributed by atoms with Gasteiger partial charge in [0.1, 0.15) is 0 Å². The third-order valence-electron chi connectivity index (χ3n) is 5.48. The van der Waals surface area contributed by atoms with Gasteiger partial charge >= 0.3 is 5.97 Å². The number of carbonyl (C=O) groups excluding carboxylic acids is 1. The minimum Gasteiger partial charge on any atom is -0.472 e. The van der Waals surface area contributed by atoms with E-state index in [1.54, 1.807) is 19.3 Å². The molecule has 4 nitrogen and oxygen atoms in total. The first kappa shape index (κ1) is 23.2. The quantitative estimate of drug-likeness (QED) is 0.332. The lowest BCUT2D eigenvalue weighted by Gasteiger charge is -2.23. The summed E-state index contributed by atoms with van der Waals surface area (Å²) in [5, 5.41) is 10.4. The monoisotopic (exact) mass is 400 g/mol. The molecule has 2 atom stereocenters. The zero-order valence-electron chi connectivity index (χ0n) is 18.4. The second-order valence-corrected chi connectivity index (χ2v) is 8.57. The molecule has 0 bridgehead atoms. The summed E-state index contributed by atoms with van der Waals surface area (Å²) in [5.41, 5.74) is 4.60. The van der Waals surface area contributed by atoms with Crippen LogP contribution in [0.15, 0.2) is 58.0 Å². The summed E-state index contributed by atoms with van der Waals surface area (Å²) in [6, 6.07) is 2.02. The Balaban J connectivity index is 1.60. The van der Waals surface area contributed by atoms with Crippen molar-refractivity contribution in [3.63, 3.8) is 0 Å². The molecule has 0 aromatic carbocycles. The molecular formula is C25H36O4. The fourth-order valence-corrected chi connectivity index (χ4v) is 3.77. The van der Waals surface area contributed by atoms with E-state index in [-0.39, 0.29) is 0 Å². The summed E-state index contributed by atoms with van der Waals surface area (Å²) in [5.74, 6) is -1.53. The van der Waals surface area contributed by atoms with Crippen LogP contribution in [0, 0.1) is 5.92 Å². The number of hydrogen-bond acceptors (Lipinski definition) is 4. The highest BCUT2D eigenvalue weighted by molar-refractivity contribution is 5.90. The number of aliphatic hydroxyl groups is 1. The summed E-state index contributed by atoms with van der Waals surface area (Å²) in [4.78, 5) is 11.5.